The highest BCUT2D eigenvalue weighted by molar-refractivity contribution is 7.91. The number of ether oxygens (including phenoxy) is 1. The van der Waals surface area contributed by atoms with Crippen LogP contribution in [0.4, 0.5) is 5.69 Å². The van der Waals surface area contributed by atoms with Gasteiger partial charge in [0.1, 0.15) is 9.77 Å². The third-order valence-electron chi connectivity index (χ3n) is 3.36. The van der Waals surface area contributed by atoms with Crippen LogP contribution in [0.15, 0.2) is 28.5 Å². The van der Waals surface area contributed by atoms with Crippen molar-refractivity contribution in [3.8, 4) is 0 Å². The molecule has 0 saturated carbocycles. The molecule has 0 spiro atoms. The summed E-state index contributed by atoms with van der Waals surface area (Å²) in [6.45, 7) is 1.73. The Bertz CT molecular complexity index is 953. The van der Waals surface area contributed by atoms with Crippen molar-refractivity contribution in [2.45, 2.75) is 18.2 Å². The fourth-order valence-corrected chi connectivity index (χ4v) is 5.53. The predicted molar refractivity (Wildman–Crippen MR) is 106 cm³/mol. The standard InChI is InChI=1S/C16H16Cl2N2O5S2/c1-3-4-27(23,24)12-8-26-14(16(22)25-2)13(12)19-20-15(21)9-5-10(17)7-11(18)6-9/h5-8,19H,3-4H2,1-2H3,(H,20,21). The SMILES string of the molecule is CCCS(=O)(=O)c1csc(C(=O)OC)c1NNC(=O)c1cc(Cl)cc(Cl)c1. The van der Waals surface area contributed by atoms with Gasteiger partial charge in [-0.05, 0) is 24.6 Å². The number of nitrogens with one attached hydrogen (secondary N) is 2. The van der Waals surface area contributed by atoms with Crippen molar-refractivity contribution in [1.82, 2.24) is 5.43 Å². The van der Waals surface area contributed by atoms with Gasteiger partial charge in [-0.3, -0.25) is 15.6 Å². The Morgan fingerprint density at radius 2 is 1.81 bits per heavy atom. The van der Waals surface area contributed by atoms with E-state index in [2.05, 4.69) is 15.6 Å². The van der Waals surface area contributed by atoms with Gasteiger partial charge in [-0.15, -0.1) is 11.3 Å². The molecule has 0 aliphatic rings. The number of thiophene rings is 1. The molecule has 0 aliphatic carbocycles. The maximum atomic E-state index is 12.4. The van der Waals surface area contributed by atoms with E-state index in [1.54, 1.807) is 6.92 Å². The summed E-state index contributed by atoms with van der Waals surface area (Å²) >= 11 is 12.7. The van der Waals surface area contributed by atoms with Gasteiger partial charge in [-0.25, -0.2) is 13.2 Å². The van der Waals surface area contributed by atoms with E-state index in [1.165, 1.54) is 30.7 Å². The zero-order chi connectivity index (χ0) is 20.2. The second-order valence-corrected chi connectivity index (χ2v) is 9.18. The summed E-state index contributed by atoms with van der Waals surface area (Å²) in [6.07, 6.45) is 0.401. The van der Waals surface area contributed by atoms with Crippen LogP contribution in [0, 0.1) is 0 Å². The summed E-state index contributed by atoms with van der Waals surface area (Å²) in [4.78, 5) is 24.2. The number of esters is 1. The molecule has 2 aromatic rings. The summed E-state index contributed by atoms with van der Waals surface area (Å²) in [6, 6.07) is 4.26. The minimum absolute atomic E-state index is 0.0246. The molecule has 11 heteroatoms. The second-order valence-electron chi connectivity index (χ2n) is 5.35. The highest BCUT2D eigenvalue weighted by atomic mass is 35.5. The van der Waals surface area contributed by atoms with Crippen molar-refractivity contribution in [3.05, 3.63) is 44.1 Å². The van der Waals surface area contributed by atoms with E-state index < -0.39 is 21.7 Å². The number of carbonyl (C=O) groups excluding carboxylic acids is 2. The minimum Gasteiger partial charge on any atom is -0.465 e. The number of halogens is 2. The van der Waals surface area contributed by atoms with Gasteiger partial charge in [-0.1, -0.05) is 30.1 Å². The van der Waals surface area contributed by atoms with E-state index >= 15 is 0 Å². The van der Waals surface area contributed by atoms with Gasteiger partial charge in [0.25, 0.3) is 5.91 Å². The molecule has 1 heterocycles. The molecule has 146 valence electrons. The first-order valence-electron chi connectivity index (χ1n) is 7.64. The van der Waals surface area contributed by atoms with Gasteiger partial charge >= 0.3 is 5.97 Å². The molecule has 1 amide bonds. The first-order chi connectivity index (χ1) is 12.7. The Kier molecular flexibility index (Phi) is 7.10. The Balaban J connectivity index is 2.34. The van der Waals surface area contributed by atoms with Crippen LogP contribution >= 0.6 is 34.5 Å². The molecule has 0 fully saturated rings. The number of hydrogen-bond acceptors (Lipinski definition) is 7. The molecule has 0 atom stereocenters. The highest BCUT2D eigenvalue weighted by Gasteiger charge is 2.27. The predicted octanol–water partition coefficient (Wildman–Crippen LogP) is 3.78. The van der Waals surface area contributed by atoms with Gasteiger partial charge in [0.2, 0.25) is 0 Å². The van der Waals surface area contributed by atoms with Crippen LogP contribution in [-0.2, 0) is 14.6 Å². The normalized spacial score (nSPS) is 11.1. The Labute approximate surface area is 170 Å². The van der Waals surface area contributed by atoms with Crippen molar-refractivity contribution in [2.24, 2.45) is 0 Å². The van der Waals surface area contributed by atoms with Crippen LogP contribution < -0.4 is 10.9 Å². The third kappa shape index (κ3) is 5.13. The minimum atomic E-state index is -3.64. The van der Waals surface area contributed by atoms with Crippen molar-refractivity contribution < 1.29 is 22.7 Å². The number of carbonyl (C=O) groups is 2. The summed E-state index contributed by atoms with van der Waals surface area (Å²) < 4.78 is 29.6. The Morgan fingerprint density at radius 3 is 2.37 bits per heavy atom. The number of hydrazine groups is 1. The summed E-state index contributed by atoms with van der Waals surface area (Å²) in [7, 11) is -2.46. The molecule has 0 saturated heterocycles. The van der Waals surface area contributed by atoms with Gasteiger partial charge in [-0.2, -0.15) is 0 Å². The molecule has 2 rings (SSSR count). The van der Waals surface area contributed by atoms with Gasteiger partial charge in [0.15, 0.2) is 9.84 Å². The molecule has 1 aromatic heterocycles. The number of sulfone groups is 1. The number of rotatable bonds is 7. The topological polar surface area (TPSA) is 102 Å². The zero-order valence-electron chi connectivity index (χ0n) is 14.3. The molecule has 0 unspecified atom stereocenters. The average Bonchev–Trinajstić information content (AvgIpc) is 3.02. The number of benzene rings is 1. The maximum Gasteiger partial charge on any atom is 0.350 e. The van der Waals surface area contributed by atoms with Crippen molar-refractivity contribution in [2.75, 3.05) is 18.3 Å². The van der Waals surface area contributed by atoms with E-state index in [9.17, 15) is 18.0 Å². The van der Waals surface area contributed by atoms with Crippen LogP contribution in [0.1, 0.15) is 33.4 Å². The van der Waals surface area contributed by atoms with Crippen LogP contribution in [0.2, 0.25) is 10.0 Å². The monoisotopic (exact) mass is 450 g/mol. The number of anilines is 1. The van der Waals surface area contributed by atoms with E-state index in [-0.39, 0.29) is 36.8 Å². The number of methoxy groups -OCH3 is 1. The van der Waals surface area contributed by atoms with Crippen molar-refractivity contribution >= 4 is 61.9 Å². The van der Waals surface area contributed by atoms with Crippen LogP contribution in [0.5, 0.6) is 0 Å². The maximum absolute atomic E-state index is 12.4. The molecule has 2 N–H and O–H groups in total. The lowest BCUT2D eigenvalue weighted by Crippen LogP contribution is -2.30. The highest BCUT2D eigenvalue weighted by Crippen LogP contribution is 2.33. The lowest BCUT2D eigenvalue weighted by atomic mass is 10.2. The van der Waals surface area contributed by atoms with Gasteiger partial charge in [0.05, 0.1) is 18.6 Å². The lowest BCUT2D eigenvalue weighted by molar-refractivity contribution is 0.0606. The van der Waals surface area contributed by atoms with E-state index in [0.717, 1.165) is 11.3 Å². The quantitative estimate of drug-likeness (QED) is 0.491. The molecular weight excluding hydrogens is 435 g/mol. The smallest absolute Gasteiger partial charge is 0.350 e. The number of amides is 1. The Morgan fingerprint density at radius 1 is 1.19 bits per heavy atom. The molecular formula is C16H16Cl2N2O5S2. The summed E-state index contributed by atoms with van der Waals surface area (Å²) in [5, 5.41) is 1.87. The van der Waals surface area contributed by atoms with Crippen molar-refractivity contribution in [1.29, 1.82) is 0 Å². The first-order valence-corrected chi connectivity index (χ1v) is 10.9. The largest absolute Gasteiger partial charge is 0.465 e. The number of hydrogen-bond donors (Lipinski definition) is 2. The van der Waals surface area contributed by atoms with Crippen molar-refractivity contribution in [3.63, 3.8) is 0 Å². The third-order valence-corrected chi connectivity index (χ3v) is 6.85. The van der Waals surface area contributed by atoms with E-state index in [1.807, 2.05) is 0 Å². The zero-order valence-corrected chi connectivity index (χ0v) is 17.5. The fourth-order valence-electron chi connectivity index (χ4n) is 2.19. The average molecular weight is 451 g/mol. The fraction of sp³-hybridized carbons (Fsp3) is 0.250. The molecule has 0 bridgehead atoms. The van der Waals surface area contributed by atoms with Crippen LogP contribution in [0.3, 0.4) is 0 Å². The summed E-state index contributed by atoms with van der Waals surface area (Å²) in [5.41, 5.74) is 5.00. The molecule has 0 radical (unpaired) electrons. The molecule has 1 aromatic carbocycles. The molecule has 0 aliphatic heterocycles. The molecule has 7 nitrogen and oxygen atoms in total. The lowest BCUT2D eigenvalue weighted by Gasteiger charge is -2.12. The van der Waals surface area contributed by atoms with Gasteiger partial charge < -0.3 is 4.74 Å². The summed E-state index contributed by atoms with van der Waals surface area (Å²) in [5.74, 6) is -1.43. The van der Waals surface area contributed by atoms with Gasteiger partial charge in [0, 0.05) is 21.0 Å². The van der Waals surface area contributed by atoms with E-state index in [0.29, 0.717) is 6.42 Å². The first kappa shape index (κ1) is 21.5. The van der Waals surface area contributed by atoms with E-state index in [4.69, 9.17) is 23.2 Å². The Hall–Kier alpha value is -1.81. The second kappa shape index (κ2) is 8.92. The van der Waals surface area contributed by atoms with Crippen LogP contribution in [0.25, 0.3) is 0 Å². The van der Waals surface area contributed by atoms with Crippen LogP contribution in [-0.4, -0.2) is 33.2 Å². The molecule has 27 heavy (non-hydrogen) atoms.